The largest absolute Gasteiger partial charge is 0.447 e. The molecule has 0 aliphatic carbocycles. The molecular weight excluding hydrogens is 254 g/mol. The van der Waals surface area contributed by atoms with Crippen molar-refractivity contribution in [2.24, 2.45) is 0 Å². The number of hydrogen-bond donors (Lipinski definition) is 2. The summed E-state index contributed by atoms with van der Waals surface area (Å²) in [7, 11) is 0. The van der Waals surface area contributed by atoms with Gasteiger partial charge in [-0.2, -0.15) is 0 Å². The Morgan fingerprint density at radius 1 is 1.44 bits per heavy atom. The highest BCUT2D eigenvalue weighted by atomic mass is 35.5. The third-order valence-corrected chi connectivity index (χ3v) is 2.61. The van der Waals surface area contributed by atoms with Crippen LogP contribution in [0.1, 0.15) is 19.4 Å². The summed E-state index contributed by atoms with van der Waals surface area (Å²) in [6, 6.07) is 7.30. The maximum Gasteiger partial charge on any atom is 0.407 e. The molecule has 0 bridgehead atoms. The van der Waals surface area contributed by atoms with E-state index in [0.717, 1.165) is 5.56 Å². The zero-order valence-electron chi connectivity index (χ0n) is 10.5. The Hall–Kier alpha value is -1.26. The number of carbonyl (C=O) groups is 1. The lowest BCUT2D eigenvalue weighted by Gasteiger charge is -2.14. The fraction of sp³-hybridized carbons (Fsp3) is 0.462. The van der Waals surface area contributed by atoms with Crippen molar-refractivity contribution in [2.45, 2.75) is 32.5 Å². The van der Waals surface area contributed by atoms with Crippen molar-refractivity contribution in [2.75, 3.05) is 6.54 Å². The van der Waals surface area contributed by atoms with Crippen LogP contribution in [0.2, 0.25) is 5.02 Å². The lowest BCUT2D eigenvalue weighted by molar-refractivity contribution is 0.106. The average Bonchev–Trinajstić information content (AvgIpc) is 2.29. The van der Waals surface area contributed by atoms with Crippen LogP contribution in [0.15, 0.2) is 24.3 Å². The standard InChI is InChI=1S/C13H18ClNO3/c1-9(2)18-13(17)15-8-11(16)7-10-5-3-4-6-12(10)14/h3-6,9,11,16H,7-8H2,1-2H3,(H,15,17)/t11-/m0/s1. The van der Waals surface area contributed by atoms with Crippen LogP contribution in [0.25, 0.3) is 0 Å². The van der Waals surface area contributed by atoms with Crippen LogP contribution in [0.5, 0.6) is 0 Å². The van der Waals surface area contributed by atoms with Gasteiger partial charge in [-0.3, -0.25) is 0 Å². The van der Waals surface area contributed by atoms with Crippen molar-refractivity contribution in [1.82, 2.24) is 5.32 Å². The third-order valence-electron chi connectivity index (χ3n) is 2.24. The number of benzene rings is 1. The number of alkyl carbamates (subject to hydrolysis) is 1. The third kappa shape index (κ3) is 5.38. The Labute approximate surface area is 112 Å². The molecule has 0 saturated heterocycles. The van der Waals surface area contributed by atoms with E-state index in [2.05, 4.69) is 5.32 Å². The molecule has 0 spiro atoms. The molecule has 1 aromatic carbocycles. The van der Waals surface area contributed by atoms with E-state index in [4.69, 9.17) is 16.3 Å². The minimum atomic E-state index is -0.690. The van der Waals surface area contributed by atoms with Gasteiger partial charge in [-0.1, -0.05) is 29.8 Å². The monoisotopic (exact) mass is 271 g/mol. The number of carbonyl (C=O) groups excluding carboxylic acids is 1. The second-order valence-electron chi connectivity index (χ2n) is 4.28. The number of aliphatic hydroxyl groups excluding tert-OH is 1. The van der Waals surface area contributed by atoms with Crippen LogP contribution in [0.4, 0.5) is 4.79 Å². The molecule has 4 nitrogen and oxygen atoms in total. The van der Waals surface area contributed by atoms with Gasteiger partial charge < -0.3 is 15.2 Å². The molecule has 1 aromatic rings. The van der Waals surface area contributed by atoms with Crippen molar-refractivity contribution in [3.63, 3.8) is 0 Å². The highest BCUT2D eigenvalue weighted by Gasteiger charge is 2.11. The maximum atomic E-state index is 11.2. The van der Waals surface area contributed by atoms with Crippen LogP contribution in [0.3, 0.4) is 0 Å². The SMILES string of the molecule is CC(C)OC(=O)NC[C@@H](O)Cc1ccccc1Cl. The minimum absolute atomic E-state index is 0.136. The van der Waals surface area contributed by atoms with Crippen LogP contribution in [-0.2, 0) is 11.2 Å². The molecule has 1 rings (SSSR count). The van der Waals surface area contributed by atoms with Gasteiger partial charge in [0.05, 0.1) is 12.2 Å². The van der Waals surface area contributed by atoms with Crippen molar-refractivity contribution < 1.29 is 14.6 Å². The van der Waals surface area contributed by atoms with E-state index in [0.29, 0.717) is 11.4 Å². The summed E-state index contributed by atoms with van der Waals surface area (Å²) in [6.45, 7) is 3.66. The quantitative estimate of drug-likeness (QED) is 0.864. The number of amides is 1. The van der Waals surface area contributed by atoms with E-state index in [1.165, 1.54) is 0 Å². The molecule has 0 aliphatic heterocycles. The summed E-state index contributed by atoms with van der Waals surface area (Å²) in [5.41, 5.74) is 0.852. The molecule has 5 heteroatoms. The molecule has 2 N–H and O–H groups in total. The molecule has 1 atom stereocenters. The van der Waals surface area contributed by atoms with Crippen LogP contribution in [0, 0.1) is 0 Å². The Morgan fingerprint density at radius 2 is 2.11 bits per heavy atom. The second-order valence-corrected chi connectivity index (χ2v) is 4.69. The lowest BCUT2D eigenvalue weighted by atomic mass is 10.1. The van der Waals surface area contributed by atoms with E-state index in [9.17, 15) is 9.90 Å². The van der Waals surface area contributed by atoms with Gasteiger partial charge in [0.2, 0.25) is 0 Å². The van der Waals surface area contributed by atoms with Gasteiger partial charge >= 0.3 is 6.09 Å². The predicted molar refractivity (Wildman–Crippen MR) is 70.8 cm³/mol. The molecule has 1 amide bonds. The summed E-state index contributed by atoms with van der Waals surface area (Å²) in [5, 5.41) is 12.9. The fourth-order valence-corrected chi connectivity index (χ4v) is 1.66. The second kappa shape index (κ2) is 7.24. The number of halogens is 1. The van der Waals surface area contributed by atoms with E-state index in [-0.39, 0.29) is 12.6 Å². The van der Waals surface area contributed by atoms with E-state index in [1.807, 2.05) is 18.2 Å². The summed E-state index contributed by atoms with van der Waals surface area (Å²) >= 11 is 5.98. The van der Waals surface area contributed by atoms with Crippen molar-refractivity contribution >= 4 is 17.7 Å². The molecular formula is C13H18ClNO3. The smallest absolute Gasteiger partial charge is 0.407 e. The fourth-order valence-electron chi connectivity index (χ4n) is 1.45. The zero-order chi connectivity index (χ0) is 13.5. The van der Waals surface area contributed by atoms with Crippen LogP contribution >= 0.6 is 11.6 Å². The molecule has 18 heavy (non-hydrogen) atoms. The summed E-state index contributed by atoms with van der Waals surface area (Å²) < 4.78 is 4.89. The molecule has 100 valence electrons. The number of nitrogens with one attached hydrogen (secondary N) is 1. The van der Waals surface area contributed by atoms with E-state index in [1.54, 1.807) is 19.9 Å². The molecule has 0 aliphatic rings. The lowest BCUT2D eigenvalue weighted by Crippen LogP contribution is -2.34. The predicted octanol–water partition coefficient (Wildman–Crippen LogP) is 2.38. The minimum Gasteiger partial charge on any atom is -0.447 e. The van der Waals surface area contributed by atoms with Gasteiger partial charge in [-0.05, 0) is 25.5 Å². The average molecular weight is 272 g/mol. The highest BCUT2D eigenvalue weighted by Crippen LogP contribution is 2.16. The normalized spacial score (nSPS) is 12.3. The molecule has 0 heterocycles. The summed E-state index contributed by atoms with van der Waals surface area (Å²) in [6.07, 6.45) is -1.000. The molecule has 0 fully saturated rings. The number of aliphatic hydroxyl groups is 1. The highest BCUT2D eigenvalue weighted by molar-refractivity contribution is 6.31. The number of hydrogen-bond acceptors (Lipinski definition) is 3. The molecule has 0 saturated carbocycles. The first-order valence-electron chi connectivity index (χ1n) is 5.85. The number of rotatable bonds is 5. The Morgan fingerprint density at radius 3 is 2.72 bits per heavy atom. The molecule has 0 unspecified atom stereocenters. The van der Waals surface area contributed by atoms with Gasteiger partial charge in [0.1, 0.15) is 0 Å². The van der Waals surface area contributed by atoms with Gasteiger partial charge in [-0.15, -0.1) is 0 Å². The maximum absolute atomic E-state index is 11.2. The van der Waals surface area contributed by atoms with Crippen LogP contribution < -0.4 is 5.32 Å². The van der Waals surface area contributed by atoms with Crippen molar-refractivity contribution in [3.8, 4) is 0 Å². The summed E-state index contributed by atoms with van der Waals surface area (Å²) in [4.78, 5) is 11.2. The Kier molecular flexibility index (Phi) is 5.95. The van der Waals surface area contributed by atoms with Gasteiger partial charge in [-0.25, -0.2) is 4.79 Å². The first-order valence-corrected chi connectivity index (χ1v) is 6.22. The summed E-state index contributed by atoms with van der Waals surface area (Å²) in [5.74, 6) is 0. The first-order chi connectivity index (χ1) is 8.49. The van der Waals surface area contributed by atoms with Gasteiger partial charge in [0.15, 0.2) is 0 Å². The first kappa shape index (κ1) is 14.8. The van der Waals surface area contributed by atoms with Crippen molar-refractivity contribution in [1.29, 1.82) is 0 Å². The van der Waals surface area contributed by atoms with Gasteiger partial charge in [0, 0.05) is 18.0 Å². The Balaban J connectivity index is 2.36. The van der Waals surface area contributed by atoms with E-state index < -0.39 is 12.2 Å². The molecule has 0 aromatic heterocycles. The Bertz CT molecular complexity index is 396. The molecule has 0 radical (unpaired) electrons. The zero-order valence-corrected chi connectivity index (χ0v) is 11.3. The van der Waals surface area contributed by atoms with Gasteiger partial charge in [0.25, 0.3) is 0 Å². The van der Waals surface area contributed by atoms with E-state index >= 15 is 0 Å². The van der Waals surface area contributed by atoms with Crippen LogP contribution in [-0.4, -0.2) is 30.0 Å². The number of ether oxygens (including phenoxy) is 1. The van der Waals surface area contributed by atoms with Crippen molar-refractivity contribution in [3.05, 3.63) is 34.9 Å². The topological polar surface area (TPSA) is 58.6 Å².